The lowest BCUT2D eigenvalue weighted by molar-refractivity contribution is 0.330. The first-order chi connectivity index (χ1) is 15.8. The van der Waals surface area contributed by atoms with Gasteiger partial charge < -0.3 is 5.73 Å². The molecule has 0 heterocycles. The van der Waals surface area contributed by atoms with E-state index in [0.29, 0.717) is 11.8 Å². The van der Waals surface area contributed by atoms with Crippen molar-refractivity contribution in [1.82, 2.24) is 0 Å². The molecule has 1 fully saturated rings. The van der Waals surface area contributed by atoms with E-state index in [4.69, 9.17) is 5.73 Å². The van der Waals surface area contributed by atoms with Crippen LogP contribution in [0.15, 0.2) is 91.0 Å². The fourth-order valence-corrected chi connectivity index (χ4v) is 6.16. The van der Waals surface area contributed by atoms with Crippen LogP contribution in [0.2, 0.25) is 0 Å². The van der Waals surface area contributed by atoms with Gasteiger partial charge in [0, 0.05) is 22.7 Å². The lowest BCUT2D eigenvalue weighted by atomic mass is 9.73. The first-order valence-electron chi connectivity index (χ1n) is 12.0. The van der Waals surface area contributed by atoms with E-state index in [-0.39, 0.29) is 0 Å². The van der Waals surface area contributed by atoms with Crippen LogP contribution in [0.25, 0.3) is 33.4 Å². The summed E-state index contributed by atoms with van der Waals surface area (Å²) in [6.45, 7) is 0. The van der Waals surface area contributed by atoms with Gasteiger partial charge in [-0.2, -0.15) is 0 Å². The van der Waals surface area contributed by atoms with E-state index in [1.54, 1.807) is 0 Å². The zero-order valence-electron chi connectivity index (χ0n) is 18.4. The molecule has 1 saturated carbocycles. The molecule has 32 heavy (non-hydrogen) atoms. The van der Waals surface area contributed by atoms with E-state index in [1.165, 1.54) is 71.0 Å². The molecule has 0 aliphatic heterocycles. The molecule has 2 aliphatic carbocycles. The quantitative estimate of drug-likeness (QED) is 0.335. The van der Waals surface area contributed by atoms with Crippen LogP contribution in [0.1, 0.15) is 49.1 Å². The summed E-state index contributed by atoms with van der Waals surface area (Å²) in [6, 6.07) is 32.9. The van der Waals surface area contributed by atoms with Gasteiger partial charge in [-0.3, -0.25) is 0 Å². The molecule has 1 heteroatoms. The van der Waals surface area contributed by atoms with Crippen molar-refractivity contribution in [3.63, 3.8) is 0 Å². The van der Waals surface area contributed by atoms with Crippen LogP contribution in [-0.4, -0.2) is 0 Å². The molecule has 1 atom stereocenters. The topological polar surface area (TPSA) is 26.0 Å². The monoisotopic (exact) mass is 415 g/mol. The van der Waals surface area contributed by atoms with Gasteiger partial charge in [-0.05, 0) is 58.2 Å². The Kier molecular flexibility index (Phi) is 4.83. The van der Waals surface area contributed by atoms with Gasteiger partial charge in [-0.25, -0.2) is 0 Å². The molecule has 0 saturated heterocycles. The van der Waals surface area contributed by atoms with Crippen LogP contribution >= 0.6 is 0 Å². The average Bonchev–Trinajstić information content (AvgIpc) is 3.19. The van der Waals surface area contributed by atoms with Gasteiger partial charge in [0.1, 0.15) is 0 Å². The molecule has 0 radical (unpaired) electrons. The predicted molar refractivity (Wildman–Crippen MR) is 136 cm³/mol. The number of nitrogens with two attached hydrogens (primary N) is 1. The maximum Gasteiger partial charge on any atom is 0.0476 e. The number of rotatable bonds is 3. The van der Waals surface area contributed by atoms with Gasteiger partial charge in [-0.15, -0.1) is 0 Å². The summed E-state index contributed by atoms with van der Waals surface area (Å²) in [5.74, 6) is 1.12. The SMILES string of the molecule is Nc1c(-c2ccccc2)cc2c(c1-c1ccccc1)C(C1CCCCC1)c1ccccc1-2. The summed E-state index contributed by atoms with van der Waals surface area (Å²) >= 11 is 0. The number of nitrogen functional groups attached to an aromatic ring is 1. The van der Waals surface area contributed by atoms with Gasteiger partial charge in [-0.1, -0.05) is 104 Å². The van der Waals surface area contributed by atoms with Gasteiger partial charge in [0.25, 0.3) is 0 Å². The van der Waals surface area contributed by atoms with Crippen LogP contribution in [0.5, 0.6) is 0 Å². The number of anilines is 1. The molecule has 0 aromatic heterocycles. The van der Waals surface area contributed by atoms with E-state index in [2.05, 4.69) is 91.0 Å². The summed E-state index contributed by atoms with van der Waals surface area (Å²) in [5.41, 5.74) is 18.5. The first-order valence-corrected chi connectivity index (χ1v) is 12.0. The number of benzene rings is 4. The fourth-order valence-electron chi connectivity index (χ4n) is 6.16. The minimum absolute atomic E-state index is 0.434. The minimum atomic E-state index is 0.434. The second-order valence-corrected chi connectivity index (χ2v) is 9.37. The van der Waals surface area contributed by atoms with Gasteiger partial charge in [0.05, 0.1) is 0 Å². The van der Waals surface area contributed by atoms with Crippen molar-refractivity contribution in [2.24, 2.45) is 5.92 Å². The molecule has 2 aliphatic rings. The third-order valence-electron chi connectivity index (χ3n) is 7.57. The second-order valence-electron chi connectivity index (χ2n) is 9.37. The number of hydrogen-bond acceptors (Lipinski definition) is 1. The van der Waals surface area contributed by atoms with Crippen LogP contribution in [0, 0.1) is 5.92 Å². The highest BCUT2D eigenvalue weighted by atomic mass is 14.6. The summed E-state index contributed by atoms with van der Waals surface area (Å²) in [4.78, 5) is 0. The standard InChI is InChI=1S/C31H29N/c32-31-26(21-12-4-1-5-13-21)20-27-24-18-10-11-19-25(24)28(22-14-6-2-7-15-22)30(27)29(31)23-16-8-3-9-17-23/h1,3-5,8-13,16-20,22,28H,2,6-7,14-15,32H2. The summed E-state index contributed by atoms with van der Waals surface area (Å²) < 4.78 is 0. The largest absolute Gasteiger partial charge is 0.398 e. The van der Waals surface area contributed by atoms with Crippen LogP contribution in [0.4, 0.5) is 5.69 Å². The van der Waals surface area contributed by atoms with Gasteiger partial charge >= 0.3 is 0 Å². The Morgan fingerprint density at radius 3 is 1.94 bits per heavy atom. The molecule has 2 N–H and O–H groups in total. The molecule has 1 nitrogen and oxygen atoms in total. The van der Waals surface area contributed by atoms with Crippen LogP contribution < -0.4 is 5.73 Å². The van der Waals surface area contributed by atoms with E-state index in [1.807, 2.05) is 0 Å². The Labute approximate surface area is 190 Å². The van der Waals surface area contributed by atoms with Crippen LogP contribution in [-0.2, 0) is 0 Å². The van der Waals surface area contributed by atoms with Crippen molar-refractivity contribution in [2.75, 3.05) is 5.73 Å². The molecule has 158 valence electrons. The van der Waals surface area contributed by atoms with E-state index in [0.717, 1.165) is 11.3 Å². The van der Waals surface area contributed by atoms with Crippen molar-refractivity contribution in [3.05, 3.63) is 102 Å². The van der Waals surface area contributed by atoms with E-state index >= 15 is 0 Å². The van der Waals surface area contributed by atoms with Crippen LogP contribution in [0.3, 0.4) is 0 Å². The summed E-state index contributed by atoms with van der Waals surface area (Å²) in [7, 11) is 0. The molecular weight excluding hydrogens is 386 g/mol. The van der Waals surface area contributed by atoms with Gasteiger partial charge in [0.15, 0.2) is 0 Å². The summed E-state index contributed by atoms with van der Waals surface area (Å²) in [6.07, 6.45) is 6.69. The molecule has 1 unspecified atom stereocenters. The Hall–Kier alpha value is -3.32. The Balaban J connectivity index is 1.68. The van der Waals surface area contributed by atoms with Crippen molar-refractivity contribution in [1.29, 1.82) is 0 Å². The molecule has 0 bridgehead atoms. The third-order valence-corrected chi connectivity index (χ3v) is 7.57. The highest BCUT2D eigenvalue weighted by molar-refractivity contribution is 5.99. The normalized spacial score (nSPS) is 17.7. The number of hydrogen-bond donors (Lipinski definition) is 1. The Morgan fingerprint density at radius 2 is 1.22 bits per heavy atom. The molecule has 6 rings (SSSR count). The van der Waals surface area contributed by atoms with Gasteiger partial charge in [0.2, 0.25) is 0 Å². The highest BCUT2D eigenvalue weighted by Crippen LogP contribution is 2.57. The molecule has 4 aromatic carbocycles. The van der Waals surface area contributed by atoms with E-state index in [9.17, 15) is 0 Å². The van der Waals surface area contributed by atoms with E-state index < -0.39 is 0 Å². The van der Waals surface area contributed by atoms with Crippen molar-refractivity contribution >= 4 is 5.69 Å². The van der Waals surface area contributed by atoms with Crippen molar-refractivity contribution in [3.8, 4) is 33.4 Å². The highest BCUT2D eigenvalue weighted by Gasteiger charge is 2.38. The molecule has 0 amide bonds. The third kappa shape index (κ3) is 3.07. The zero-order valence-corrected chi connectivity index (χ0v) is 18.4. The average molecular weight is 416 g/mol. The smallest absolute Gasteiger partial charge is 0.0476 e. The molecular formula is C31H29N. The maximum atomic E-state index is 7.05. The molecule has 4 aromatic rings. The fraction of sp³-hybridized carbons (Fsp3) is 0.226. The molecule has 0 spiro atoms. The first kappa shape index (κ1) is 19.4. The van der Waals surface area contributed by atoms with Crippen molar-refractivity contribution < 1.29 is 0 Å². The predicted octanol–water partition coefficient (Wildman–Crippen LogP) is 8.30. The summed E-state index contributed by atoms with van der Waals surface area (Å²) in [5, 5.41) is 0. The zero-order chi connectivity index (χ0) is 21.5. The number of fused-ring (bicyclic) bond motifs is 3. The second kappa shape index (κ2) is 7.98. The Bertz CT molecular complexity index is 1250. The lowest BCUT2D eigenvalue weighted by Crippen LogP contribution is -2.17. The lowest BCUT2D eigenvalue weighted by Gasteiger charge is -2.31. The Morgan fingerprint density at radius 1 is 0.594 bits per heavy atom. The minimum Gasteiger partial charge on any atom is -0.398 e. The maximum absolute atomic E-state index is 7.05. The van der Waals surface area contributed by atoms with Crippen molar-refractivity contribution in [2.45, 2.75) is 38.0 Å².